The minimum Gasteiger partial charge on any atom is -0.396 e. The van der Waals surface area contributed by atoms with E-state index in [1.165, 1.54) is 11.9 Å². The normalized spacial score (nSPS) is 14.3. The molecule has 1 aliphatic heterocycles. The summed E-state index contributed by atoms with van der Waals surface area (Å²) in [5.74, 6) is 0.375. The SMILES string of the molecule is CN1CCN(c2ccc(Nc3ncc4c(=O)c(-c5c(Cl)cccc5Cl)cn(CCCO)c4n3)cc2)CC1. The fourth-order valence-electron chi connectivity index (χ4n) is 4.53. The van der Waals surface area contributed by atoms with Crippen molar-refractivity contribution in [2.75, 3.05) is 50.1 Å². The van der Waals surface area contributed by atoms with E-state index in [4.69, 9.17) is 23.2 Å². The average molecular weight is 539 g/mol. The van der Waals surface area contributed by atoms with Gasteiger partial charge in [0.05, 0.1) is 15.4 Å². The van der Waals surface area contributed by atoms with E-state index in [2.05, 4.69) is 44.3 Å². The van der Waals surface area contributed by atoms with E-state index >= 15 is 0 Å². The number of nitrogens with zero attached hydrogens (tertiary/aromatic N) is 5. The third-order valence-electron chi connectivity index (χ3n) is 6.60. The number of aryl methyl sites for hydroxylation is 1. The fourth-order valence-corrected chi connectivity index (χ4v) is 5.13. The maximum Gasteiger partial charge on any atom is 0.229 e. The first kappa shape index (κ1) is 25.5. The van der Waals surface area contributed by atoms with E-state index in [9.17, 15) is 9.90 Å². The smallest absolute Gasteiger partial charge is 0.229 e. The molecule has 10 heteroatoms. The van der Waals surface area contributed by atoms with Crippen LogP contribution in [0.25, 0.3) is 22.2 Å². The molecule has 0 atom stereocenters. The number of anilines is 3. The molecule has 1 aliphatic rings. The summed E-state index contributed by atoms with van der Waals surface area (Å²) in [6.45, 7) is 4.57. The van der Waals surface area contributed by atoms with E-state index < -0.39 is 0 Å². The number of hydrogen-bond acceptors (Lipinski definition) is 7. The molecule has 0 aliphatic carbocycles. The van der Waals surface area contributed by atoms with Crippen LogP contribution in [0.2, 0.25) is 10.0 Å². The summed E-state index contributed by atoms with van der Waals surface area (Å²) in [5.41, 5.74) is 3.08. The van der Waals surface area contributed by atoms with Gasteiger partial charge in [0, 0.05) is 74.2 Å². The Balaban J connectivity index is 1.47. The molecule has 4 aromatic rings. The zero-order valence-corrected chi connectivity index (χ0v) is 22.0. The average Bonchev–Trinajstić information content (AvgIpc) is 2.90. The molecule has 1 saturated heterocycles. The molecule has 0 bridgehead atoms. The van der Waals surface area contributed by atoms with Gasteiger partial charge in [0.25, 0.3) is 0 Å². The summed E-state index contributed by atoms with van der Waals surface area (Å²) < 4.78 is 1.84. The molecular weight excluding hydrogens is 511 g/mol. The van der Waals surface area contributed by atoms with Crippen LogP contribution in [0.4, 0.5) is 17.3 Å². The van der Waals surface area contributed by atoms with Gasteiger partial charge < -0.3 is 24.8 Å². The molecule has 1 fully saturated rings. The van der Waals surface area contributed by atoms with E-state index in [1.807, 2.05) is 16.7 Å². The lowest BCUT2D eigenvalue weighted by atomic mass is 10.1. The van der Waals surface area contributed by atoms with Crippen molar-refractivity contribution in [2.24, 2.45) is 0 Å². The largest absolute Gasteiger partial charge is 0.396 e. The summed E-state index contributed by atoms with van der Waals surface area (Å²) in [6, 6.07) is 13.3. The molecule has 0 saturated carbocycles. The van der Waals surface area contributed by atoms with Crippen LogP contribution in [0.1, 0.15) is 6.42 Å². The minimum atomic E-state index is -0.256. The van der Waals surface area contributed by atoms with Crippen molar-refractivity contribution in [1.82, 2.24) is 19.4 Å². The number of benzene rings is 2. The number of aliphatic hydroxyl groups is 1. The highest BCUT2D eigenvalue weighted by atomic mass is 35.5. The molecule has 0 spiro atoms. The number of rotatable bonds is 7. The van der Waals surface area contributed by atoms with Crippen LogP contribution in [0.3, 0.4) is 0 Å². The van der Waals surface area contributed by atoms with Crippen LogP contribution in [-0.4, -0.2) is 64.4 Å². The summed E-state index contributed by atoms with van der Waals surface area (Å²) in [7, 11) is 2.14. The Morgan fingerprint density at radius 2 is 1.73 bits per heavy atom. The number of piperazine rings is 1. The first-order valence-electron chi connectivity index (χ1n) is 12.2. The van der Waals surface area contributed by atoms with Gasteiger partial charge >= 0.3 is 0 Å². The van der Waals surface area contributed by atoms with Crippen molar-refractivity contribution in [2.45, 2.75) is 13.0 Å². The predicted octanol–water partition coefficient (Wildman–Crippen LogP) is 4.64. The van der Waals surface area contributed by atoms with Gasteiger partial charge in [-0.25, -0.2) is 4.98 Å². The van der Waals surface area contributed by atoms with Crippen molar-refractivity contribution in [3.63, 3.8) is 0 Å². The van der Waals surface area contributed by atoms with Gasteiger partial charge in [0.15, 0.2) is 0 Å². The quantitative estimate of drug-likeness (QED) is 0.354. The molecular formula is C27H28Cl2N6O2. The molecule has 192 valence electrons. The molecule has 2 aromatic heterocycles. The summed E-state index contributed by atoms with van der Waals surface area (Å²) in [6.07, 6.45) is 3.72. The number of pyridine rings is 1. The summed E-state index contributed by atoms with van der Waals surface area (Å²) in [5, 5.41) is 13.8. The fraction of sp³-hybridized carbons (Fsp3) is 0.296. The van der Waals surface area contributed by atoms with E-state index in [1.54, 1.807) is 24.4 Å². The standard InChI is InChI=1S/C27H28Cl2N6O2/c1-33-11-13-34(14-12-33)19-8-6-18(7-9-19)31-27-30-16-20-25(37)21(24-22(28)4-2-5-23(24)29)17-35(10-3-15-36)26(20)32-27/h2,4-9,16-17,36H,3,10-15H2,1H3,(H,30,31,32). The second-order valence-electron chi connectivity index (χ2n) is 9.13. The monoisotopic (exact) mass is 538 g/mol. The van der Waals surface area contributed by atoms with E-state index in [-0.39, 0.29) is 12.0 Å². The number of hydrogen-bond donors (Lipinski definition) is 2. The van der Waals surface area contributed by atoms with Gasteiger partial charge in [-0.3, -0.25) is 4.79 Å². The Labute approximate surface area is 225 Å². The van der Waals surface area contributed by atoms with Crippen LogP contribution >= 0.6 is 23.2 Å². The summed E-state index contributed by atoms with van der Waals surface area (Å²) >= 11 is 12.8. The molecule has 5 rings (SSSR count). The molecule has 8 nitrogen and oxygen atoms in total. The van der Waals surface area contributed by atoms with Gasteiger partial charge in [-0.1, -0.05) is 29.3 Å². The number of fused-ring (bicyclic) bond motifs is 1. The summed E-state index contributed by atoms with van der Waals surface area (Å²) in [4.78, 5) is 27.2. The number of likely N-dealkylation sites (N-methyl/N-ethyl adjacent to an activating group) is 1. The highest BCUT2D eigenvalue weighted by Gasteiger charge is 2.18. The van der Waals surface area contributed by atoms with Gasteiger partial charge in [-0.2, -0.15) is 4.98 Å². The van der Waals surface area contributed by atoms with Crippen LogP contribution in [0.5, 0.6) is 0 Å². The highest BCUT2D eigenvalue weighted by molar-refractivity contribution is 6.39. The highest BCUT2D eigenvalue weighted by Crippen LogP contribution is 2.33. The van der Waals surface area contributed by atoms with E-state index in [0.717, 1.165) is 31.9 Å². The molecule has 0 unspecified atom stereocenters. The molecule has 0 amide bonds. The van der Waals surface area contributed by atoms with Crippen molar-refractivity contribution in [1.29, 1.82) is 0 Å². The lowest BCUT2D eigenvalue weighted by Crippen LogP contribution is -2.44. The third-order valence-corrected chi connectivity index (χ3v) is 7.23. The Bertz CT molecular complexity index is 1450. The van der Waals surface area contributed by atoms with Crippen molar-refractivity contribution in [3.05, 3.63) is 75.1 Å². The van der Waals surface area contributed by atoms with Crippen LogP contribution in [0, 0.1) is 0 Å². The molecule has 2 aromatic carbocycles. The second-order valence-corrected chi connectivity index (χ2v) is 9.95. The molecule has 2 N–H and O–H groups in total. The third kappa shape index (κ3) is 5.43. The van der Waals surface area contributed by atoms with Gasteiger partial charge in [0.2, 0.25) is 11.4 Å². The maximum atomic E-state index is 13.4. The van der Waals surface area contributed by atoms with Gasteiger partial charge in [-0.15, -0.1) is 0 Å². The Morgan fingerprint density at radius 3 is 2.41 bits per heavy atom. The molecule has 3 heterocycles. The Morgan fingerprint density at radius 1 is 1.03 bits per heavy atom. The number of aliphatic hydroxyl groups excluding tert-OH is 1. The maximum absolute atomic E-state index is 13.4. The molecule has 37 heavy (non-hydrogen) atoms. The van der Waals surface area contributed by atoms with Crippen LogP contribution < -0.4 is 15.6 Å². The lowest BCUT2D eigenvalue weighted by Gasteiger charge is -2.34. The first-order chi connectivity index (χ1) is 17.9. The predicted molar refractivity (Wildman–Crippen MR) is 150 cm³/mol. The number of aromatic nitrogens is 3. The minimum absolute atomic E-state index is 0.00560. The van der Waals surface area contributed by atoms with Crippen LogP contribution in [-0.2, 0) is 6.54 Å². The van der Waals surface area contributed by atoms with Gasteiger partial charge in [-0.05, 0) is 49.9 Å². The van der Waals surface area contributed by atoms with Crippen molar-refractivity contribution >= 4 is 51.6 Å². The molecule has 0 radical (unpaired) electrons. The zero-order chi connectivity index (χ0) is 25.9. The van der Waals surface area contributed by atoms with Crippen LogP contribution in [0.15, 0.2) is 59.7 Å². The topological polar surface area (TPSA) is 86.5 Å². The number of nitrogens with one attached hydrogen (secondary N) is 1. The Kier molecular flexibility index (Phi) is 7.62. The zero-order valence-electron chi connectivity index (χ0n) is 20.5. The second kappa shape index (κ2) is 11.1. The van der Waals surface area contributed by atoms with Crippen molar-refractivity contribution in [3.8, 4) is 11.1 Å². The Hall–Kier alpha value is -3.17. The van der Waals surface area contributed by atoms with Crippen molar-refractivity contribution < 1.29 is 5.11 Å². The van der Waals surface area contributed by atoms with Gasteiger partial charge in [0.1, 0.15) is 5.65 Å². The lowest BCUT2D eigenvalue weighted by molar-refractivity contribution is 0.280. The first-order valence-corrected chi connectivity index (χ1v) is 13.0. The number of halogens is 2. The van der Waals surface area contributed by atoms with E-state index in [0.29, 0.717) is 51.1 Å².